The first kappa shape index (κ1) is 13.1. The van der Waals surface area contributed by atoms with Crippen molar-refractivity contribution in [3.05, 3.63) is 18.7 Å². The van der Waals surface area contributed by atoms with Crippen LogP contribution < -0.4 is 10.5 Å². The van der Waals surface area contributed by atoms with Crippen molar-refractivity contribution in [3.63, 3.8) is 0 Å². The first-order valence-electron chi connectivity index (χ1n) is 5.12. The van der Waals surface area contributed by atoms with E-state index in [1.165, 1.54) is 0 Å². The van der Waals surface area contributed by atoms with Crippen LogP contribution in [0.2, 0.25) is 0 Å². The van der Waals surface area contributed by atoms with E-state index in [1.54, 1.807) is 32.6 Å². The molecule has 0 fully saturated rings. The Bertz CT molecular complexity index is 401. The number of nitrogens with two attached hydrogens (primary N) is 1. The Morgan fingerprint density at radius 2 is 2.19 bits per heavy atom. The van der Waals surface area contributed by atoms with Crippen molar-refractivity contribution in [2.75, 3.05) is 6.54 Å². The Balaban J connectivity index is 2.54. The third-order valence-corrected chi connectivity index (χ3v) is 4.25. The van der Waals surface area contributed by atoms with Gasteiger partial charge in [0.05, 0.1) is 11.6 Å². The number of rotatable bonds is 6. The van der Waals surface area contributed by atoms with Crippen LogP contribution in [0, 0.1) is 0 Å². The van der Waals surface area contributed by atoms with Crippen LogP contribution in [0.4, 0.5) is 0 Å². The zero-order chi connectivity index (χ0) is 12.2. The summed E-state index contributed by atoms with van der Waals surface area (Å²) < 4.78 is 27.8. The smallest absolute Gasteiger partial charge is 0.215 e. The molecule has 0 bridgehead atoms. The molecule has 0 radical (unpaired) electrons. The zero-order valence-corrected chi connectivity index (χ0v) is 10.3. The maximum atomic E-state index is 11.7. The minimum absolute atomic E-state index is 0.118. The highest BCUT2D eigenvalue weighted by Crippen LogP contribution is 2.00. The molecular weight excluding hydrogens is 228 g/mol. The van der Waals surface area contributed by atoms with Gasteiger partial charge in [0.1, 0.15) is 0 Å². The van der Waals surface area contributed by atoms with Gasteiger partial charge in [0.15, 0.2) is 0 Å². The first-order chi connectivity index (χ1) is 7.45. The summed E-state index contributed by atoms with van der Waals surface area (Å²) in [6, 6.07) is -0.187. The summed E-state index contributed by atoms with van der Waals surface area (Å²) >= 11 is 0. The third kappa shape index (κ3) is 3.58. The summed E-state index contributed by atoms with van der Waals surface area (Å²) in [5, 5.41) is -0.572. The summed E-state index contributed by atoms with van der Waals surface area (Å²) in [6.07, 6.45) is 5.10. The molecule has 0 spiro atoms. The van der Waals surface area contributed by atoms with Gasteiger partial charge in [0.2, 0.25) is 10.0 Å². The summed E-state index contributed by atoms with van der Waals surface area (Å²) in [5.41, 5.74) is 5.34. The molecule has 1 rings (SSSR count). The van der Waals surface area contributed by atoms with Crippen molar-refractivity contribution in [1.29, 1.82) is 0 Å². The van der Waals surface area contributed by atoms with E-state index in [4.69, 9.17) is 5.73 Å². The molecule has 2 atom stereocenters. The van der Waals surface area contributed by atoms with E-state index in [1.807, 2.05) is 4.57 Å². The fourth-order valence-corrected chi connectivity index (χ4v) is 2.39. The lowest BCUT2D eigenvalue weighted by Crippen LogP contribution is -2.42. The average Bonchev–Trinajstić information content (AvgIpc) is 2.67. The number of imidazole rings is 1. The second-order valence-electron chi connectivity index (χ2n) is 3.87. The third-order valence-electron chi connectivity index (χ3n) is 2.27. The molecule has 1 aromatic rings. The molecule has 0 aromatic carbocycles. The van der Waals surface area contributed by atoms with Gasteiger partial charge in [-0.1, -0.05) is 0 Å². The van der Waals surface area contributed by atoms with E-state index >= 15 is 0 Å². The van der Waals surface area contributed by atoms with Crippen LogP contribution in [0.25, 0.3) is 0 Å². The molecule has 0 aliphatic rings. The van der Waals surface area contributed by atoms with E-state index < -0.39 is 15.3 Å². The molecule has 0 amide bonds. The maximum absolute atomic E-state index is 11.7. The van der Waals surface area contributed by atoms with Crippen LogP contribution in [-0.2, 0) is 16.6 Å². The van der Waals surface area contributed by atoms with Gasteiger partial charge >= 0.3 is 0 Å². The predicted molar refractivity (Wildman–Crippen MR) is 62.3 cm³/mol. The van der Waals surface area contributed by atoms with Crippen molar-refractivity contribution in [3.8, 4) is 0 Å². The molecule has 3 N–H and O–H groups in total. The second-order valence-corrected chi connectivity index (χ2v) is 6.00. The van der Waals surface area contributed by atoms with Crippen molar-refractivity contribution in [2.24, 2.45) is 5.73 Å². The Hall–Kier alpha value is -0.920. The largest absolute Gasteiger partial charge is 0.336 e. The Morgan fingerprint density at radius 1 is 1.50 bits per heavy atom. The summed E-state index contributed by atoms with van der Waals surface area (Å²) in [4.78, 5) is 3.89. The molecule has 0 aliphatic carbocycles. The van der Waals surface area contributed by atoms with Crippen LogP contribution in [0.5, 0.6) is 0 Å². The minimum atomic E-state index is -3.32. The minimum Gasteiger partial charge on any atom is -0.336 e. The highest BCUT2D eigenvalue weighted by Gasteiger charge is 2.21. The molecule has 92 valence electrons. The lowest BCUT2D eigenvalue weighted by Gasteiger charge is -2.17. The Morgan fingerprint density at radius 3 is 2.69 bits per heavy atom. The zero-order valence-electron chi connectivity index (χ0n) is 9.50. The molecule has 6 nitrogen and oxygen atoms in total. The van der Waals surface area contributed by atoms with E-state index in [0.29, 0.717) is 6.54 Å². The van der Waals surface area contributed by atoms with Gasteiger partial charge in [0.25, 0.3) is 0 Å². The molecule has 0 saturated carbocycles. The van der Waals surface area contributed by atoms with Gasteiger partial charge in [-0.25, -0.2) is 18.1 Å². The number of sulfonamides is 1. The fourth-order valence-electron chi connectivity index (χ4n) is 1.27. The van der Waals surface area contributed by atoms with Crippen LogP contribution in [0.1, 0.15) is 13.8 Å². The quantitative estimate of drug-likeness (QED) is 0.710. The number of aromatic nitrogens is 2. The van der Waals surface area contributed by atoms with Gasteiger partial charge in [-0.3, -0.25) is 0 Å². The molecule has 1 heterocycles. The molecule has 0 saturated heterocycles. The van der Waals surface area contributed by atoms with Crippen molar-refractivity contribution in [1.82, 2.24) is 14.3 Å². The maximum Gasteiger partial charge on any atom is 0.215 e. The van der Waals surface area contributed by atoms with Crippen LogP contribution in [0.15, 0.2) is 18.7 Å². The van der Waals surface area contributed by atoms with Crippen molar-refractivity contribution < 1.29 is 8.42 Å². The number of nitrogens with zero attached hydrogens (tertiary/aromatic N) is 2. The van der Waals surface area contributed by atoms with Gasteiger partial charge in [-0.2, -0.15) is 0 Å². The fraction of sp³-hybridized carbons (Fsp3) is 0.667. The summed E-state index contributed by atoms with van der Waals surface area (Å²) in [6.45, 7) is 4.07. The molecule has 0 aliphatic heterocycles. The lowest BCUT2D eigenvalue weighted by atomic mass is 10.4. The van der Waals surface area contributed by atoms with Crippen LogP contribution >= 0.6 is 0 Å². The van der Waals surface area contributed by atoms with Crippen LogP contribution in [-0.4, -0.2) is 35.8 Å². The molecule has 1 aromatic heterocycles. The molecule has 16 heavy (non-hydrogen) atoms. The van der Waals surface area contributed by atoms with Gasteiger partial charge < -0.3 is 10.3 Å². The topological polar surface area (TPSA) is 90.0 Å². The highest BCUT2D eigenvalue weighted by atomic mass is 32.2. The lowest BCUT2D eigenvalue weighted by molar-refractivity contribution is 0.513. The van der Waals surface area contributed by atoms with E-state index in [-0.39, 0.29) is 12.6 Å². The average molecular weight is 246 g/mol. The first-order valence-corrected chi connectivity index (χ1v) is 6.67. The SMILES string of the molecule is CC(Cn1ccnc1)NS(=O)(=O)C(C)CN. The standard InChI is InChI=1S/C9H18N4O2S/c1-8(6-13-4-3-11-7-13)12-16(14,15)9(2)5-10/h3-4,7-9,12H,5-6,10H2,1-2H3. The van der Waals surface area contributed by atoms with Gasteiger partial charge in [-0.15, -0.1) is 0 Å². The molecule has 7 heteroatoms. The number of hydrogen-bond donors (Lipinski definition) is 2. The number of nitrogens with one attached hydrogen (secondary N) is 1. The monoisotopic (exact) mass is 246 g/mol. The van der Waals surface area contributed by atoms with Gasteiger partial charge in [0, 0.05) is 31.5 Å². The van der Waals surface area contributed by atoms with Gasteiger partial charge in [-0.05, 0) is 13.8 Å². The van der Waals surface area contributed by atoms with Crippen molar-refractivity contribution in [2.45, 2.75) is 31.7 Å². The molecular formula is C9H18N4O2S. The Labute approximate surface area is 95.9 Å². The second kappa shape index (κ2) is 5.42. The van der Waals surface area contributed by atoms with E-state index in [2.05, 4.69) is 9.71 Å². The highest BCUT2D eigenvalue weighted by molar-refractivity contribution is 7.90. The normalized spacial score (nSPS) is 15.9. The van der Waals surface area contributed by atoms with E-state index in [0.717, 1.165) is 0 Å². The summed E-state index contributed by atoms with van der Waals surface area (Å²) in [7, 11) is -3.32. The summed E-state index contributed by atoms with van der Waals surface area (Å²) in [5.74, 6) is 0. The Kier molecular flexibility index (Phi) is 4.45. The molecule has 2 unspecified atom stereocenters. The number of hydrogen-bond acceptors (Lipinski definition) is 4. The predicted octanol–water partition coefficient (Wildman–Crippen LogP) is -0.462. The van der Waals surface area contributed by atoms with Crippen LogP contribution in [0.3, 0.4) is 0 Å². The van der Waals surface area contributed by atoms with Crippen molar-refractivity contribution >= 4 is 10.0 Å². The van der Waals surface area contributed by atoms with E-state index in [9.17, 15) is 8.42 Å².